The van der Waals surface area contributed by atoms with Crippen LogP contribution in [0.2, 0.25) is 0 Å². The molecule has 0 bridgehead atoms. The lowest BCUT2D eigenvalue weighted by atomic mass is 10.1. The number of hydrogen-bond acceptors (Lipinski definition) is 7. The van der Waals surface area contributed by atoms with Gasteiger partial charge in [0.05, 0.1) is 23.4 Å². The van der Waals surface area contributed by atoms with Crippen LogP contribution in [0, 0.1) is 5.92 Å². The van der Waals surface area contributed by atoms with Crippen molar-refractivity contribution in [1.29, 1.82) is 0 Å². The summed E-state index contributed by atoms with van der Waals surface area (Å²) in [4.78, 5) is 4.70. The summed E-state index contributed by atoms with van der Waals surface area (Å²) in [6.07, 6.45) is 2.21. The van der Waals surface area contributed by atoms with Crippen LogP contribution in [0.1, 0.15) is 31.0 Å². The fourth-order valence-electron chi connectivity index (χ4n) is 2.47. The van der Waals surface area contributed by atoms with Gasteiger partial charge in [-0.1, -0.05) is 37.7 Å². The van der Waals surface area contributed by atoms with Crippen LogP contribution < -0.4 is 10.6 Å². The maximum absolute atomic E-state index is 6.21. The molecule has 0 saturated heterocycles. The average molecular weight is 390 g/mol. The molecule has 0 saturated carbocycles. The highest BCUT2D eigenvalue weighted by Crippen LogP contribution is 2.30. The number of thioether (sulfide) groups is 1. The fraction of sp³-hybridized carbons (Fsp3) is 0.389. The zero-order valence-corrected chi connectivity index (χ0v) is 16.8. The van der Waals surface area contributed by atoms with Crippen molar-refractivity contribution in [3.63, 3.8) is 0 Å². The minimum atomic E-state index is 0.584. The van der Waals surface area contributed by atoms with Gasteiger partial charge in [-0.3, -0.25) is 0 Å². The van der Waals surface area contributed by atoms with Crippen molar-refractivity contribution >= 4 is 23.1 Å². The Hall–Kier alpha value is -2.06. The van der Waals surface area contributed by atoms with E-state index in [2.05, 4.69) is 29.4 Å². The molecule has 0 aliphatic heterocycles. The van der Waals surface area contributed by atoms with E-state index in [0.717, 1.165) is 29.2 Å². The van der Waals surface area contributed by atoms with Crippen molar-refractivity contribution in [2.24, 2.45) is 5.92 Å². The Balaban J connectivity index is 1.67. The summed E-state index contributed by atoms with van der Waals surface area (Å²) < 4.78 is 6.89. The number of aryl methyl sites for hydroxylation is 1. The third kappa shape index (κ3) is 4.37. The number of ether oxygens (including phenoxy) is 1. The first kappa shape index (κ1) is 18.7. The summed E-state index contributed by atoms with van der Waals surface area (Å²) in [5.41, 5.74) is 1.88. The van der Waals surface area contributed by atoms with Crippen LogP contribution in [0.3, 0.4) is 0 Å². The summed E-state index contributed by atoms with van der Waals surface area (Å²) >= 11 is 3.26. The standard InChI is InChI=1S/C18H23N5OS2/c1-12(2)8-9-16-20-13(10-25-16)11-26-18-22-21-17(23(18)19)14-6-4-5-7-15(14)24-3/h4-7,10,12H,8-9,11,19H2,1-3H3. The Morgan fingerprint density at radius 2 is 2.08 bits per heavy atom. The zero-order valence-electron chi connectivity index (χ0n) is 15.2. The van der Waals surface area contributed by atoms with E-state index in [-0.39, 0.29) is 0 Å². The van der Waals surface area contributed by atoms with Crippen molar-refractivity contribution in [1.82, 2.24) is 19.9 Å². The first-order chi connectivity index (χ1) is 12.6. The third-order valence-corrected chi connectivity index (χ3v) is 5.83. The van der Waals surface area contributed by atoms with Gasteiger partial charge in [0.2, 0.25) is 5.16 Å². The lowest BCUT2D eigenvalue weighted by molar-refractivity contribution is 0.416. The summed E-state index contributed by atoms with van der Waals surface area (Å²) in [7, 11) is 1.63. The van der Waals surface area contributed by atoms with Gasteiger partial charge in [0.1, 0.15) is 5.75 Å². The zero-order chi connectivity index (χ0) is 18.5. The molecule has 0 unspecified atom stereocenters. The second-order valence-corrected chi connectivity index (χ2v) is 8.22. The van der Waals surface area contributed by atoms with E-state index in [1.807, 2.05) is 24.3 Å². The first-order valence-corrected chi connectivity index (χ1v) is 10.3. The lowest BCUT2D eigenvalue weighted by Gasteiger charge is -2.07. The summed E-state index contributed by atoms with van der Waals surface area (Å²) in [6.45, 7) is 4.47. The number of aromatic nitrogens is 4. The molecule has 1 aromatic carbocycles. The average Bonchev–Trinajstić information content (AvgIpc) is 3.24. The summed E-state index contributed by atoms with van der Waals surface area (Å²) in [6, 6.07) is 7.63. The predicted octanol–water partition coefficient (Wildman–Crippen LogP) is 4.00. The Bertz CT molecular complexity index is 859. The first-order valence-electron chi connectivity index (χ1n) is 8.48. The summed E-state index contributed by atoms with van der Waals surface area (Å²) in [5, 5.41) is 12.4. The molecule has 8 heteroatoms. The molecule has 0 radical (unpaired) electrons. The SMILES string of the molecule is COc1ccccc1-c1nnc(SCc2csc(CCC(C)C)n2)n1N. The van der Waals surface area contributed by atoms with Crippen LogP contribution >= 0.6 is 23.1 Å². The Morgan fingerprint density at radius 1 is 1.27 bits per heavy atom. The normalized spacial score (nSPS) is 11.2. The van der Waals surface area contributed by atoms with Crippen LogP contribution in [0.25, 0.3) is 11.4 Å². The molecule has 0 atom stereocenters. The molecule has 2 N–H and O–H groups in total. The van der Waals surface area contributed by atoms with E-state index >= 15 is 0 Å². The number of thiazole rings is 1. The van der Waals surface area contributed by atoms with Crippen molar-refractivity contribution < 1.29 is 4.74 Å². The monoisotopic (exact) mass is 389 g/mol. The Labute approximate surface area is 161 Å². The van der Waals surface area contributed by atoms with Gasteiger partial charge in [0.25, 0.3) is 0 Å². The number of methoxy groups -OCH3 is 1. The summed E-state index contributed by atoms with van der Waals surface area (Å²) in [5.74, 6) is 8.93. The minimum absolute atomic E-state index is 0.584. The van der Waals surface area contributed by atoms with Crippen molar-refractivity contribution in [3.05, 3.63) is 40.3 Å². The Kier molecular flexibility index (Phi) is 6.16. The number of para-hydroxylation sites is 1. The molecule has 0 spiro atoms. The van der Waals surface area contributed by atoms with Gasteiger partial charge < -0.3 is 10.6 Å². The number of rotatable bonds is 8. The highest BCUT2D eigenvalue weighted by atomic mass is 32.2. The van der Waals surface area contributed by atoms with E-state index in [0.29, 0.717) is 16.9 Å². The van der Waals surface area contributed by atoms with Gasteiger partial charge >= 0.3 is 0 Å². The van der Waals surface area contributed by atoms with Crippen molar-refractivity contribution in [2.75, 3.05) is 13.0 Å². The third-order valence-electron chi connectivity index (χ3n) is 3.90. The number of benzene rings is 1. The van der Waals surface area contributed by atoms with Gasteiger partial charge in [-0.2, -0.15) is 0 Å². The van der Waals surface area contributed by atoms with E-state index in [1.54, 1.807) is 18.4 Å². The molecule has 26 heavy (non-hydrogen) atoms. The van der Waals surface area contributed by atoms with Gasteiger partial charge in [0.15, 0.2) is 5.82 Å². The lowest BCUT2D eigenvalue weighted by Crippen LogP contribution is -2.12. The smallest absolute Gasteiger partial charge is 0.210 e. The molecule has 2 aromatic heterocycles. The molecule has 2 heterocycles. The van der Waals surface area contributed by atoms with Crippen LogP contribution in [0.5, 0.6) is 5.75 Å². The molecular weight excluding hydrogens is 366 g/mol. The van der Waals surface area contributed by atoms with E-state index in [9.17, 15) is 0 Å². The second-order valence-electron chi connectivity index (χ2n) is 6.33. The van der Waals surface area contributed by atoms with Gasteiger partial charge in [-0.15, -0.1) is 21.5 Å². The molecule has 0 fully saturated rings. The number of nitrogens with two attached hydrogens (primary N) is 1. The molecular formula is C18H23N5OS2. The topological polar surface area (TPSA) is 78.9 Å². The number of hydrogen-bond donors (Lipinski definition) is 1. The number of nitrogen functional groups attached to an aromatic ring is 1. The quantitative estimate of drug-likeness (QED) is 0.463. The van der Waals surface area contributed by atoms with Crippen LogP contribution in [0.15, 0.2) is 34.8 Å². The molecule has 6 nitrogen and oxygen atoms in total. The molecule has 0 amide bonds. The maximum atomic E-state index is 6.21. The number of nitrogens with zero attached hydrogens (tertiary/aromatic N) is 4. The largest absolute Gasteiger partial charge is 0.496 e. The van der Waals surface area contributed by atoms with Crippen molar-refractivity contribution in [3.8, 4) is 17.1 Å². The van der Waals surface area contributed by atoms with Crippen LogP contribution in [-0.2, 0) is 12.2 Å². The van der Waals surface area contributed by atoms with Crippen molar-refractivity contribution in [2.45, 2.75) is 37.6 Å². The van der Waals surface area contributed by atoms with E-state index in [1.165, 1.54) is 27.9 Å². The maximum Gasteiger partial charge on any atom is 0.210 e. The van der Waals surface area contributed by atoms with Crippen LogP contribution in [0.4, 0.5) is 0 Å². The fourth-order valence-corrected chi connectivity index (χ4v) is 4.14. The molecule has 0 aliphatic carbocycles. The van der Waals surface area contributed by atoms with Gasteiger partial charge in [-0.05, 0) is 30.9 Å². The molecule has 3 rings (SSSR count). The predicted molar refractivity (Wildman–Crippen MR) is 107 cm³/mol. The highest BCUT2D eigenvalue weighted by Gasteiger charge is 2.16. The molecule has 138 valence electrons. The van der Waals surface area contributed by atoms with E-state index in [4.69, 9.17) is 15.6 Å². The van der Waals surface area contributed by atoms with Gasteiger partial charge in [-0.25, -0.2) is 9.66 Å². The Morgan fingerprint density at radius 3 is 2.85 bits per heavy atom. The van der Waals surface area contributed by atoms with Gasteiger partial charge in [0, 0.05) is 11.1 Å². The molecule has 0 aliphatic rings. The minimum Gasteiger partial charge on any atom is -0.496 e. The molecule has 3 aromatic rings. The second kappa shape index (κ2) is 8.55. The highest BCUT2D eigenvalue weighted by molar-refractivity contribution is 7.98. The van der Waals surface area contributed by atoms with Crippen LogP contribution in [-0.4, -0.2) is 27.0 Å². The van der Waals surface area contributed by atoms with E-state index < -0.39 is 0 Å².